The van der Waals surface area contributed by atoms with Crippen molar-refractivity contribution in [3.8, 4) is 0 Å². The van der Waals surface area contributed by atoms with Crippen LogP contribution in [0.2, 0.25) is 0 Å². The summed E-state index contributed by atoms with van der Waals surface area (Å²) in [6, 6.07) is 4.15. The van der Waals surface area contributed by atoms with E-state index in [1.165, 1.54) is 18.6 Å². The van der Waals surface area contributed by atoms with Gasteiger partial charge in [-0.15, -0.1) is 0 Å². The van der Waals surface area contributed by atoms with Crippen LogP contribution in [0.15, 0.2) is 24.4 Å². The molecule has 1 aromatic carbocycles. The molecular formula is C29H43FN5O4+. The molecule has 0 spiro atoms. The van der Waals surface area contributed by atoms with Gasteiger partial charge in [-0.25, -0.2) is 9.18 Å². The van der Waals surface area contributed by atoms with Crippen molar-refractivity contribution in [2.45, 2.75) is 70.0 Å². The standard InChI is InChI=1S/C29H42FN5O4/c1-20(31-2)29(39)33-27(21-6-4-3-5-7-21)18-35(19-36)13-11-24(17-35)34(16-28(37)38)12-10-22-15-32-26-14-23(30)8-9-25(22)26/h8-9,14-15,19-21,24,27,31-32H,3-7,10-13,16-18H2,1-2H3,(H-,33,37,38,39)/p+1. The molecule has 214 valence electrons. The summed E-state index contributed by atoms with van der Waals surface area (Å²) in [5, 5.41) is 16.8. The minimum Gasteiger partial charge on any atom is -0.480 e. The van der Waals surface area contributed by atoms with Crippen LogP contribution in [0.25, 0.3) is 10.9 Å². The molecule has 10 heteroatoms. The van der Waals surface area contributed by atoms with E-state index in [-0.39, 0.29) is 40.9 Å². The zero-order chi connectivity index (χ0) is 28.0. The van der Waals surface area contributed by atoms with Gasteiger partial charge in [0, 0.05) is 30.1 Å². The number of quaternary nitrogens is 1. The third-order valence-electron chi connectivity index (χ3n) is 8.89. The van der Waals surface area contributed by atoms with Crippen molar-refractivity contribution in [2.24, 2.45) is 5.92 Å². The maximum absolute atomic E-state index is 13.6. The smallest absolute Gasteiger partial charge is 0.317 e. The molecule has 0 bridgehead atoms. The molecule has 2 amide bonds. The van der Waals surface area contributed by atoms with Gasteiger partial charge in [0.05, 0.1) is 31.2 Å². The Bertz CT molecular complexity index is 1150. The molecule has 1 aromatic heterocycles. The Morgan fingerprint density at radius 2 is 2.03 bits per heavy atom. The predicted molar refractivity (Wildman–Crippen MR) is 148 cm³/mol. The number of fused-ring (bicyclic) bond motifs is 1. The fraction of sp³-hybridized carbons (Fsp3) is 0.621. The minimum atomic E-state index is -0.902. The molecule has 0 radical (unpaired) electrons. The Kier molecular flexibility index (Phi) is 9.74. The number of halogens is 1. The number of aromatic nitrogens is 1. The van der Waals surface area contributed by atoms with Gasteiger partial charge < -0.3 is 20.7 Å². The van der Waals surface area contributed by atoms with Gasteiger partial charge in [0.15, 0.2) is 0 Å². The Balaban J connectivity index is 1.47. The number of carbonyl (C=O) groups excluding carboxylic acids is 2. The maximum Gasteiger partial charge on any atom is 0.317 e. The summed E-state index contributed by atoms with van der Waals surface area (Å²) in [5.41, 5.74) is 1.73. The molecule has 9 nitrogen and oxygen atoms in total. The van der Waals surface area contributed by atoms with Gasteiger partial charge in [-0.05, 0) is 62.9 Å². The zero-order valence-electron chi connectivity index (χ0n) is 23.1. The Morgan fingerprint density at radius 1 is 1.26 bits per heavy atom. The van der Waals surface area contributed by atoms with E-state index in [4.69, 9.17) is 0 Å². The second-order valence-electron chi connectivity index (χ2n) is 11.5. The first-order valence-corrected chi connectivity index (χ1v) is 14.2. The summed E-state index contributed by atoms with van der Waals surface area (Å²) >= 11 is 0. The molecule has 4 N–H and O–H groups in total. The molecule has 2 aliphatic rings. The minimum absolute atomic E-state index is 0.0565. The van der Waals surface area contributed by atoms with Crippen LogP contribution in [0.3, 0.4) is 0 Å². The molecule has 1 aliphatic carbocycles. The number of carboxylic acids is 1. The summed E-state index contributed by atoms with van der Waals surface area (Å²) in [5.74, 6) is -0.928. The van der Waals surface area contributed by atoms with Gasteiger partial charge in [0.2, 0.25) is 5.91 Å². The van der Waals surface area contributed by atoms with Gasteiger partial charge in [-0.2, -0.15) is 0 Å². The first kappa shape index (κ1) is 29.2. The van der Waals surface area contributed by atoms with Gasteiger partial charge in [0.1, 0.15) is 18.9 Å². The largest absolute Gasteiger partial charge is 0.480 e. The SMILES string of the molecule is CNC(C)C(=O)NC(C[N+]1(C=O)CCC(N(CCc2c[nH]c3cc(F)ccc23)CC(=O)O)C1)C1CCCCC1. The fourth-order valence-electron chi connectivity index (χ4n) is 6.48. The van der Waals surface area contributed by atoms with Crippen LogP contribution in [0.5, 0.6) is 0 Å². The maximum atomic E-state index is 13.6. The molecule has 2 fully saturated rings. The molecule has 39 heavy (non-hydrogen) atoms. The molecule has 4 unspecified atom stereocenters. The number of likely N-dealkylation sites (N-methyl/N-ethyl adjacent to an activating group) is 1. The number of aliphatic carboxylic acids is 1. The molecule has 1 saturated carbocycles. The summed E-state index contributed by atoms with van der Waals surface area (Å²) < 4.78 is 13.8. The van der Waals surface area contributed by atoms with Crippen LogP contribution in [-0.2, 0) is 20.8 Å². The molecular weight excluding hydrogens is 501 g/mol. The van der Waals surface area contributed by atoms with Gasteiger partial charge in [0.25, 0.3) is 0 Å². The number of hydrogen-bond donors (Lipinski definition) is 4. The number of H-pyrrole nitrogens is 1. The van der Waals surface area contributed by atoms with Crippen molar-refractivity contribution in [2.75, 3.05) is 39.8 Å². The van der Waals surface area contributed by atoms with Crippen LogP contribution in [-0.4, -0.2) is 95.7 Å². The number of nitrogens with zero attached hydrogens (tertiary/aromatic N) is 2. The summed E-state index contributed by atoms with van der Waals surface area (Å²) in [4.78, 5) is 42.3. The number of benzene rings is 1. The highest BCUT2D eigenvalue weighted by Gasteiger charge is 2.44. The van der Waals surface area contributed by atoms with E-state index in [1.54, 1.807) is 13.1 Å². The number of nitrogens with one attached hydrogen (secondary N) is 3. The van der Waals surface area contributed by atoms with Crippen molar-refractivity contribution in [3.05, 3.63) is 35.8 Å². The molecule has 4 atom stereocenters. The lowest BCUT2D eigenvalue weighted by Crippen LogP contribution is -2.59. The summed E-state index contributed by atoms with van der Waals surface area (Å²) in [6.07, 6.45) is 9.74. The van der Waals surface area contributed by atoms with E-state index in [1.807, 2.05) is 18.0 Å². The average molecular weight is 545 g/mol. The van der Waals surface area contributed by atoms with Crippen LogP contribution in [0, 0.1) is 11.7 Å². The van der Waals surface area contributed by atoms with E-state index < -0.39 is 5.97 Å². The zero-order valence-corrected chi connectivity index (χ0v) is 23.1. The van der Waals surface area contributed by atoms with Crippen molar-refractivity contribution >= 4 is 29.2 Å². The van der Waals surface area contributed by atoms with Crippen molar-refractivity contribution in [1.29, 1.82) is 0 Å². The highest BCUT2D eigenvalue weighted by Crippen LogP contribution is 2.30. The van der Waals surface area contributed by atoms with Crippen LogP contribution >= 0.6 is 0 Å². The number of amides is 2. The van der Waals surface area contributed by atoms with Gasteiger partial charge >= 0.3 is 12.4 Å². The molecule has 2 heterocycles. The summed E-state index contributed by atoms with van der Waals surface area (Å²) in [6.45, 7) is 3.92. The number of aromatic amines is 1. The first-order chi connectivity index (χ1) is 18.7. The molecule has 1 saturated heterocycles. The number of hydrogen-bond acceptors (Lipinski definition) is 5. The van der Waals surface area contributed by atoms with Gasteiger partial charge in [-0.3, -0.25) is 19.0 Å². The molecule has 1 aliphatic heterocycles. The second-order valence-corrected chi connectivity index (χ2v) is 11.5. The normalized spacial score (nSPS) is 23.6. The summed E-state index contributed by atoms with van der Waals surface area (Å²) in [7, 11) is 1.76. The first-order valence-electron chi connectivity index (χ1n) is 14.2. The Hall–Kier alpha value is -2.82. The fourth-order valence-corrected chi connectivity index (χ4v) is 6.48. The van der Waals surface area contributed by atoms with E-state index >= 15 is 0 Å². The highest BCUT2D eigenvalue weighted by molar-refractivity contribution is 5.83. The van der Waals surface area contributed by atoms with Crippen molar-refractivity contribution < 1.29 is 28.4 Å². The third kappa shape index (κ3) is 7.23. The van der Waals surface area contributed by atoms with Gasteiger partial charge in [-0.1, -0.05) is 19.3 Å². The highest BCUT2D eigenvalue weighted by atomic mass is 19.1. The van der Waals surface area contributed by atoms with Crippen LogP contribution < -0.4 is 10.6 Å². The van der Waals surface area contributed by atoms with E-state index in [2.05, 4.69) is 15.6 Å². The Morgan fingerprint density at radius 3 is 2.72 bits per heavy atom. The number of likely N-dealkylation sites (tertiary alicyclic amines) is 1. The van der Waals surface area contributed by atoms with E-state index in [9.17, 15) is 23.9 Å². The number of rotatable bonds is 13. The number of carboxylic acid groups (broad SMARTS) is 1. The van der Waals surface area contributed by atoms with Crippen molar-refractivity contribution in [3.63, 3.8) is 0 Å². The quantitative estimate of drug-likeness (QED) is 0.228. The predicted octanol–water partition coefficient (Wildman–Crippen LogP) is 2.65. The topological polar surface area (TPSA) is 115 Å². The van der Waals surface area contributed by atoms with Crippen molar-refractivity contribution in [1.82, 2.24) is 20.5 Å². The van der Waals surface area contributed by atoms with E-state index in [0.29, 0.717) is 44.9 Å². The monoisotopic (exact) mass is 544 g/mol. The second kappa shape index (κ2) is 13.0. The molecule has 2 aromatic rings. The average Bonchev–Trinajstić information content (AvgIpc) is 3.54. The Labute approximate surface area is 229 Å². The van der Waals surface area contributed by atoms with E-state index in [0.717, 1.165) is 48.6 Å². The molecule has 4 rings (SSSR count). The number of carbonyl (C=O) groups is 3. The lowest BCUT2D eigenvalue weighted by atomic mass is 9.83. The lowest BCUT2D eigenvalue weighted by Gasteiger charge is -2.37. The third-order valence-corrected chi connectivity index (χ3v) is 8.89. The lowest BCUT2D eigenvalue weighted by molar-refractivity contribution is -0.835. The van der Waals surface area contributed by atoms with Crippen LogP contribution in [0.4, 0.5) is 4.39 Å². The van der Waals surface area contributed by atoms with Crippen LogP contribution in [0.1, 0.15) is 51.0 Å².